The lowest BCUT2D eigenvalue weighted by Crippen LogP contribution is -2.15. The quantitative estimate of drug-likeness (QED) is 0.579. The van der Waals surface area contributed by atoms with E-state index in [0.29, 0.717) is 27.6 Å². The van der Waals surface area contributed by atoms with E-state index < -0.39 is 10.0 Å². The zero-order chi connectivity index (χ0) is 20.4. The molecule has 0 amide bonds. The number of aromatic nitrogens is 1. The third kappa shape index (κ3) is 2.87. The van der Waals surface area contributed by atoms with Gasteiger partial charge in [0.1, 0.15) is 5.82 Å². The van der Waals surface area contributed by atoms with E-state index in [1.807, 2.05) is 19.1 Å². The van der Waals surface area contributed by atoms with Crippen LogP contribution in [0.1, 0.15) is 58.3 Å². The Morgan fingerprint density at radius 1 is 1.07 bits per heavy atom. The molecule has 4 nitrogen and oxygen atoms in total. The lowest BCUT2D eigenvalue weighted by Gasteiger charge is -2.14. The number of aryl methyl sites for hydroxylation is 3. The molecule has 1 aliphatic rings. The number of hydrogen-bond acceptors (Lipinski definition) is 3. The molecule has 0 unspecified atom stereocenters. The van der Waals surface area contributed by atoms with Crippen LogP contribution < -0.4 is 0 Å². The van der Waals surface area contributed by atoms with Crippen molar-refractivity contribution in [3.63, 3.8) is 0 Å². The van der Waals surface area contributed by atoms with Gasteiger partial charge in [0.25, 0.3) is 10.0 Å². The van der Waals surface area contributed by atoms with Crippen LogP contribution in [-0.4, -0.2) is 18.2 Å². The molecule has 146 valence electrons. The molecule has 6 heteroatoms. The minimum absolute atomic E-state index is 0.124. The number of carbonyl (C=O) groups is 1. The Kier molecular flexibility index (Phi) is 4.23. The molecule has 4 rings (SSSR count). The van der Waals surface area contributed by atoms with E-state index in [1.54, 1.807) is 19.9 Å². The van der Waals surface area contributed by atoms with Crippen LogP contribution in [0.15, 0.2) is 35.4 Å². The van der Waals surface area contributed by atoms with E-state index in [2.05, 4.69) is 0 Å². The van der Waals surface area contributed by atoms with Crippen LogP contribution in [0.3, 0.4) is 0 Å². The third-order valence-electron chi connectivity index (χ3n) is 5.41. The number of hydrogen-bond donors (Lipinski definition) is 0. The van der Waals surface area contributed by atoms with Gasteiger partial charge in [0.2, 0.25) is 0 Å². The Morgan fingerprint density at radius 2 is 1.68 bits per heavy atom. The van der Waals surface area contributed by atoms with Crippen molar-refractivity contribution in [2.24, 2.45) is 0 Å². The van der Waals surface area contributed by atoms with Gasteiger partial charge in [-0.05, 0) is 75.3 Å². The van der Waals surface area contributed by atoms with Crippen molar-refractivity contribution < 1.29 is 17.6 Å². The molecule has 0 bridgehead atoms. The number of ketones is 1. The van der Waals surface area contributed by atoms with Gasteiger partial charge < -0.3 is 0 Å². The average molecular weight is 399 g/mol. The second kappa shape index (κ2) is 6.27. The number of rotatable bonds is 4. The van der Waals surface area contributed by atoms with Crippen molar-refractivity contribution in [1.29, 1.82) is 0 Å². The first kappa shape index (κ1) is 18.9. The molecule has 2 aromatic carbocycles. The Labute approximate surface area is 164 Å². The van der Waals surface area contributed by atoms with Crippen molar-refractivity contribution in [2.75, 3.05) is 0 Å². The number of Topliss-reactive ketones (excluding diaryl/α,β-unsaturated/α-hetero) is 1. The molecule has 0 N–H and O–H groups in total. The second-order valence-electron chi connectivity index (χ2n) is 7.79. The summed E-state index contributed by atoms with van der Waals surface area (Å²) in [6.45, 7) is 6.81. The Balaban J connectivity index is 2.05. The molecule has 1 aliphatic carbocycles. The molecular weight excluding hydrogens is 377 g/mol. The molecule has 0 saturated heterocycles. The third-order valence-corrected chi connectivity index (χ3v) is 7.39. The van der Waals surface area contributed by atoms with Gasteiger partial charge in [0.05, 0.1) is 10.4 Å². The first-order chi connectivity index (χ1) is 13.1. The van der Waals surface area contributed by atoms with Gasteiger partial charge in [-0.15, -0.1) is 0 Å². The lowest BCUT2D eigenvalue weighted by molar-refractivity contribution is 0.101. The fourth-order valence-corrected chi connectivity index (χ4v) is 5.87. The fraction of sp³-hybridized carbons (Fsp3) is 0.318. The van der Waals surface area contributed by atoms with E-state index in [9.17, 15) is 17.6 Å². The number of halogens is 1. The molecule has 1 fully saturated rings. The van der Waals surface area contributed by atoms with Crippen LogP contribution in [-0.2, 0) is 10.0 Å². The number of carbonyl (C=O) groups excluding carboxylic acids is 1. The molecule has 0 spiro atoms. The van der Waals surface area contributed by atoms with Gasteiger partial charge in [-0.1, -0.05) is 17.7 Å². The average Bonchev–Trinajstić information content (AvgIpc) is 3.33. The Hall–Kier alpha value is -2.47. The van der Waals surface area contributed by atoms with E-state index in [0.717, 1.165) is 22.4 Å². The maximum Gasteiger partial charge on any atom is 0.268 e. The molecule has 0 atom stereocenters. The van der Waals surface area contributed by atoms with E-state index in [1.165, 1.54) is 19.2 Å². The number of fused-ring (bicyclic) bond motifs is 1. The van der Waals surface area contributed by atoms with Crippen molar-refractivity contribution in [2.45, 2.75) is 51.3 Å². The van der Waals surface area contributed by atoms with Crippen LogP contribution >= 0.6 is 0 Å². The largest absolute Gasteiger partial charge is 0.294 e. The van der Waals surface area contributed by atoms with E-state index in [-0.39, 0.29) is 28.0 Å². The summed E-state index contributed by atoms with van der Waals surface area (Å²) in [4.78, 5) is 12.4. The highest BCUT2D eigenvalue weighted by molar-refractivity contribution is 7.90. The monoisotopic (exact) mass is 399 g/mol. The van der Waals surface area contributed by atoms with Crippen LogP contribution in [0.2, 0.25) is 0 Å². The van der Waals surface area contributed by atoms with Gasteiger partial charge in [0.15, 0.2) is 5.78 Å². The molecule has 28 heavy (non-hydrogen) atoms. The molecule has 0 aliphatic heterocycles. The topological polar surface area (TPSA) is 56.1 Å². The standard InChI is InChI=1S/C22H22FNO3S/c1-12-7-13(2)22(14(3)8-12)28(26,27)24-11-19(15(4)25)18-9-20(23)17(10-21(18)24)16-5-6-16/h7-11,16H,5-6H2,1-4H3. The summed E-state index contributed by atoms with van der Waals surface area (Å²) in [7, 11) is -3.95. The highest BCUT2D eigenvalue weighted by Gasteiger charge is 2.30. The summed E-state index contributed by atoms with van der Waals surface area (Å²) in [5, 5.41) is 0.334. The zero-order valence-electron chi connectivity index (χ0n) is 16.3. The maximum atomic E-state index is 14.6. The summed E-state index contributed by atoms with van der Waals surface area (Å²) in [6.07, 6.45) is 3.12. The molecule has 1 aromatic heterocycles. The van der Waals surface area contributed by atoms with E-state index in [4.69, 9.17) is 0 Å². The second-order valence-corrected chi connectivity index (χ2v) is 9.54. The first-order valence-electron chi connectivity index (χ1n) is 9.30. The number of benzene rings is 2. The van der Waals surface area contributed by atoms with Gasteiger partial charge >= 0.3 is 0 Å². The summed E-state index contributed by atoms with van der Waals surface area (Å²) in [5.41, 5.74) is 3.36. The minimum atomic E-state index is -3.95. The Bertz CT molecular complexity index is 1230. The van der Waals surface area contributed by atoms with Crippen LogP contribution in [0.4, 0.5) is 4.39 Å². The SMILES string of the molecule is CC(=O)c1cn(S(=O)(=O)c2c(C)cc(C)cc2C)c2cc(C3CC3)c(F)cc12. The number of nitrogens with zero attached hydrogens (tertiary/aromatic N) is 1. The molecular formula is C22H22FNO3S. The summed E-state index contributed by atoms with van der Waals surface area (Å²) in [5.74, 6) is -0.552. The molecule has 3 aromatic rings. The maximum absolute atomic E-state index is 14.6. The van der Waals surface area contributed by atoms with Gasteiger partial charge in [0, 0.05) is 17.1 Å². The summed E-state index contributed by atoms with van der Waals surface area (Å²) in [6, 6.07) is 6.56. The summed E-state index contributed by atoms with van der Waals surface area (Å²) >= 11 is 0. The zero-order valence-corrected chi connectivity index (χ0v) is 17.2. The van der Waals surface area contributed by atoms with Gasteiger partial charge in [-0.2, -0.15) is 0 Å². The smallest absolute Gasteiger partial charge is 0.268 e. The van der Waals surface area contributed by atoms with Crippen LogP contribution in [0, 0.1) is 26.6 Å². The van der Waals surface area contributed by atoms with Gasteiger partial charge in [-0.25, -0.2) is 16.8 Å². The normalized spacial score (nSPS) is 14.6. The predicted molar refractivity (Wildman–Crippen MR) is 107 cm³/mol. The molecule has 0 radical (unpaired) electrons. The van der Waals surface area contributed by atoms with Gasteiger partial charge in [-0.3, -0.25) is 4.79 Å². The van der Waals surface area contributed by atoms with Crippen LogP contribution in [0.25, 0.3) is 10.9 Å². The van der Waals surface area contributed by atoms with Crippen LogP contribution in [0.5, 0.6) is 0 Å². The van der Waals surface area contributed by atoms with Crippen molar-refractivity contribution in [3.05, 3.63) is 64.1 Å². The Morgan fingerprint density at radius 3 is 2.21 bits per heavy atom. The lowest BCUT2D eigenvalue weighted by atomic mass is 10.0. The first-order valence-corrected chi connectivity index (χ1v) is 10.7. The minimum Gasteiger partial charge on any atom is -0.294 e. The van der Waals surface area contributed by atoms with E-state index >= 15 is 0 Å². The highest BCUT2D eigenvalue weighted by atomic mass is 32.2. The predicted octanol–water partition coefficient (Wildman–Crippen LogP) is 5.02. The van der Waals surface area contributed by atoms with Crippen molar-refractivity contribution in [1.82, 2.24) is 3.97 Å². The summed E-state index contributed by atoms with van der Waals surface area (Å²) < 4.78 is 42.9. The van der Waals surface area contributed by atoms with Crippen molar-refractivity contribution >= 4 is 26.7 Å². The fourth-order valence-electron chi connectivity index (χ4n) is 4.09. The molecule has 1 heterocycles. The molecule has 1 saturated carbocycles. The highest BCUT2D eigenvalue weighted by Crippen LogP contribution is 2.43. The van der Waals surface area contributed by atoms with Crippen molar-refractivity contribution in [3.8, 4) is 0 Å².